The molecule has 1 aliphatic heterocycles. The lowest BCUT2D eigenvalue weighted by atomic mass is 10.1. The number of fused-ring (bicyclic) bond motifs is 3. The van der Waals surface area contributed by atoms with Crippen LogP contribution in [0.3, 0.4) is 0 Å². The van der Waals surface area contributed by atoms with E-state index in [-0.39, 0.29) is 27.7 Å². The van der Waals surface area contributed by atoms with Gasteiger partial charge in [0.15, 0.2) is 5.82 Å². The van der Waals surface area contributed by atoms with Crippen molar-refractivity contribution in [3.05, 3.63) is 58.5 Å². The molecule has 0 aliphatic carbocycles. The number of phenols is 1. The number of halogens is 2. The van der Waals surface area contributed by atoms with Crippen LogP contribution in [-0.4, -0.2) is 58.0 Å². The Morgan fingerprint density at radius 1 is 1.07 bits per heavy atom. The van der Waals surface area contributed by atoms with Gasteiger partial charge in [-0.2, -0.15) is 0 Å². The van der Waals surface area contributed by atoms with Crippen molar-refractivity contribution in [1.29, 1.82) is 0 Å². The van der Waals surface area contributed by atoms with Gasteiger partial charge in [0.25, 0.3) is 5.56 Å². The molecule has 2 aromatic carbocycles. The summed E-state index contributed by atoms with van der Waals surface area (Å²) in [5.74, 6) is -1.35. The predicted molar refractivity (Wildman–Crippen MR) is 110 cm³/mol. The summed E-state index contributed by atoms with van der Waals surface area (Å²) < 4.78 is 31.6. The molecule has 1 saturated heterocycles. The lowest BCUT2D eigenvalue weighted by molar-refractivity contribution is 0.310. The van der Waals surface area contributed by atoms with Crippen LogP contribution in [0, 0.1) is 11.6 Å². The first-order valence-electron chi connectivity index (χ1n) is 9.58. The molecule has 7 nitrogen and oxygen atoms in total. The summed E-state index contributed by atoms with van der Waals surface area (Å²) in [6.07, 6.45) is 1.31. The number of aromatic nitrogens is 3. The molecule has 2 N–H and O–H groups in total. The molecule has 1 aliphatic rings. The van der Waals surface area contributed by atoms with E-state index in [9.17, 15) is 9.90 Å². The van der Waals surface area contributed by atoms with E-state index in [0.717, 1.165) is 0 Å². The first-order valence-corrected chi connectivity index (χ1v) is 9.58. The van der Waals surface area contributed by atoms with E-state index < -0.39 is 17.2 Å². The van der Waals surface area contributed by atoms with E-state index in [1.165, 1.54) is 29.1 Å². The topological polar surface area (TPSA) is 77.4 Å². The Hall–Kier alpha value is -3.46. The summed E-state index contributed by atoms with van der Waals surface area (Å²) in [5, 5.41) is 12.8. The molecular weight excluding hydrogens is 392 g/mol. The van der Waals surface area contributed by atoms with Crippen molar-refractivity contribution in [1.82, 2.24) is 19.7 Å². The van der Waals surface area contributed by atoms with E-state index in [2.05, 4.69) is 15.0 Å². The third-order valence-corrected chi connectivity index (χ3v) is 5.61. The highest BCUT2D eigenvalue weighted by Crippen LogP contribution is 2.33. The van der Waals surface area contributed by atoms with Crippen LogP contribution in [-0.2, 0) is 0 Å². The Kier molecular flexibility index (Phi) is 4.21. The Bertz CT molecular complexity index is 1320. The number of pyridine rings is 1. The molecule has 154 valence electrons. The number of H-pyrrole nitrogens is 1. The number of aromatic amines is 1. The van der Waals surface area contributed by atoms with Gasteiger partial charge in [0.05, 0.1) is 16.6 Å². The zero-order valence-corrected chi connectivity index (χ0v) is 16.2. The van der Waals surface area contributed by atoms with Crippen molar-refractivity contribution in [3.63, 3.8) is 0 Å². The average molecular weight is 411 g/mol. The largest absolute Gasteiger partial charge is 0.508 e. The van der Waals surface area contributed by atoms with Crippen molar-refractivity contribution in [2.24, 2.45) is 0 Å². The Balaban J connectivity index is 1.70. The van der Waals surface area contributed by atoms with Crippen LogP contribution in [0.4, 0.5) is 14.5 Å². The van der Waals surface area contributed by atoms with Crippen molar-refractivity contribution >= 4 is 27.5 Å². The maximum Gasteiger partial charge on any atom is 0.280 e. The van der Waals surface area contributed by atoms with Crippen LogP contribution < -0.4 is 10.5 Å². The fourth-order valence-electron chi connectivity index (χ4n) is 3.92. The van der Waals surface area contributed by atoms with E-state index in [0.29, 0.717) is 37.4 Å². The summed E-state index contributed by atoms with van der Waals surface area (Å²) in [6.45, 7) is 2.47. The molecule has 3 heterocycles. The van der Waals surface area contributed by atoms with Crippen LogP contribution in [0.5, 0.6) is 5.75 Å². The number of anilines is 1. The zero-order valence-electron chi connectivity index (χ0n) is 16.2. The molecule has 0 saturated carbocycles. The number of phenolic OH excluding ortho intramolecular Hbond substituents is 1. The molecule has 0 atom stereocenters. The fraction of sp³-hybridized carbons (Fsp3) is 0.238. The van der Waals surface area contributed by atoms with Crippen LogP contribution >= 0.6 is 0 Å². The standard InChI is InChI=1S/C21H19F2N5O2/c1-26-6-8-27(9-7-26)20-16(22)10-14-18-15(11-24-19(14)17(20)23)21(30)28(25-18)12-2-4-13(29)5-3-12/h2-5,10-11,25,29H,6-9H2,1H3. The van der Waals surface area contributed by atoms with Crippen molar-refractivity contribution in [3.8, 4) is 11.4 Å². The van der Waals surface area contributed by atoms with E-state index in [4.69, 9.17) is 0 Å². The van der Waals surface area contributed by atoms with Crippen LogP contribution in [0.1, 0.15) is 0 Å². The van der Waals surface area contributed by atoms with Gasteiger partial charge in [-0.3, -0.25) is 14.9 Å². The van der Waals surface area contributed by atoms with E-state index >= 15 is 8.78 Å². The monoisotopic (exact) mass is 411 g/mol. The summed E-state index contributed by atoms with van der Waals surface area (Å²) in [5.41, 5.74) is 0.326. The number of aromatic hydroxyl groups is 1. The SMILES string of the molecule is CN1CCN(c2c(F)cc3c(ncc4c(=O)n(-c5ccc(O)cc5)[nH]c43)c2F)CC1. The predicted octanol–water partition coefficient (Wildman–Crippen LogP) is 2.60. The fourth-order valence-corrected chi connectivity index (χ4v) is 3.92. The summed E-state index contributed by atoms with van der Waals surface area (Å²) in [4.78, 5) is 20.7. The minimum Gasteiger partial charge on any atom is -0.508 e. The molecule has 1 fully saturated rings. The lowest BCUT2D eigenvalue weighted by Gasteiger charge is -2.34. The molecule has 5 rings (SSSR count). The van der Waals surface area contributed by atoms with Gasteiger partial charge < -0.3 is 14.9 Å². The quantitative estimate of drug-likeness (QED) is 0.530. The summed E-state index contributed by atoms with van der Waals surface area (Å²) in [6, 6.07) is 7.26. The molecule has 30 heavy (non-hydrogen) atoms. The Morgan fingerprint density at radius 2 is 1.77 bits per heavy atom. The normalized spacial score (nSPS) is 15.4. The van der Waals surface area contributed by atoms with Gasteiger partial charge in [-0.25, -0.2) is 13.5 Å². The van der Waals surface area contributed by atoms with Crippen molar-refractivity contribution in [2.45, 2.75) is 0 Å². The smallest absolute Gasteiger partial charge is 0.280 e. The third-order valence-electron chi connectivity index (χ3n) is 5.61. The number of benzene rings is 2. The second kappa shape index (κ2) is 6.81. The van der Waals surface area contributed by atoms with Crippen molar-refractivity contribution < 1.29 is 13.9 Å². The summed E-state index contributed by atoms with van der Waals surface area (Å²) >= 11 is 0. The Labute approximate surface area is 169 Å². The molecule has 0 spiro atoms. The second-order valence-corrected chi connectivity index (χ2v) is 7.52. The molecule has 0 amide bonds. The van der Waals surface area contributed by atoms with Gasteiger partial charge in [-0.05, 0) is 37.4 Å². The van der Waals surface area contributed by atoms with Gasteiger partial charge in [-0.1, -0.05) is 0 Å². The van der Waals surface area contributed by atoms with Gasteiger partial charge in [0.2, 0.25) is 0 Å². The van der Waals surface area contributed by atoms with Crippen LogP contribution in [0.2, 0.25) is 0 Å². The number of nitrogens with zero attached hydrogens (tertiary/aromatic N) is 4. The van der Waals surface area contributed by atoms with Gasteiger partial charge in [-0.15, -0.1) is 0 Å². The van der Waals surface area contributed by atoms with Gasteiger partial charge >= 0.3 is 0 Å². The average Bonchev–Trinajstić information content (AvgIpc) is 3.07. The first-order chi connectivity index (χ1) is 14.4. The highest BCUT2D eigenvalue weighted by atomic mass is 19.1. The van der Waals surface area contributed by atoms with Gasteiger partial charge in [0, 0.05) is 37.8 Å². The number of likely N-dealkylation sites (N-methyl/N-ethyl adjacent to an activating group) is 1. The third kappa shape index (κ3) is 2.81. The van der Waals surface area contributed by atoms with E-state index in [1.807, 2.05) is 7.05 Å². The molecule has 9 heteroatoms. The number of piperazine rings is 1. The number of rotatable bonds is 2. The maximum atomic E-state index is 15.3. The molecule has 0 bridgehead atoms. The van der Waals surface area contributed by atoms with Crippen LogP contribution in [0.25, 0.3) is 27.5 Å². The highest BCUT2D eigenvalue weighted by molar-refractivity contribution is 6.04. The second-order valence-electron chi connectivity index (χ2n) is 7.52. The van der Waals surface area contributed by atoms with Crippen molar-refractivity contribution in [2.75, 3.05) is 38.1 Å². The molecule has 2 aromatic heterocycles. The minimum absolute atomic E-state index is 0.0111. The zero-order chi connectivity index (χ0) is 21.0. The Morgan fingerprint density at radius 3 is 2.47 bits per heavy atom. The molecule has 4 aromatic rings. The molecule has 0 radical (unpaired) electrons. The first kappa shape index (κ1) is 18.6. The lowest BCUT2D eigenvalue weighted by Crippen LogP contribution is -2.45. The minimum atomic E-state index is -0.727. The number of hydrogen-bond acceptors (Lipinski definition) is 5. The highest BCUT2D eigenvalue weighted by Gasteiger charge is 2.25. The van der Waals surface area contributed by atoms with E-state index in [1.54, 1.807) is 17.0 Å². The summed E-state index contributed by atoms with van der Waals surface area (Å²) in [7, 11) is 1.97. The molecule has 0 unspecified atom stereocenters. The maximum absolute atomic E-state index is 15.3. The number of nitrogens with one attached hydrogen (secondary N) is 1. The van der Waals surface area contributed by atoms with Crippen LogP contribution in [0.15, 0.2) is 41.3 Å². The van der Waals surface area contributed by atoms with Gasteiger partial charge in [0.1, 0.15) is 22.8 Å². The molecular formula is C21H19F2N5O2. The number of hydrogen-bond donors (Lipinski definition) is 2.